The first-order valence-corrected chi connectivity index (χ1v) is 6.20. The van der Waals surface area contributed by atoms with Crippen molar-refractivity contribution in [2.75, 3.05) is 6.61 Å². The maximum Gasteiger partial charge on any atom is 0.138 e. The van der Waals surface area contributed by atoms with Gasteiger partial charge < -0.3 is 4.74 Å². The molecule has 6 nitrogen and oxygen atoms in total. The molecule has 3 N–H and O–H groups in total. The number of nitrogens with two attached hydrogens (primary N) is 1. The average Bonchev–Trinajstić information content (AvgIpc) is 2.75. The second kappa shape index (κ2) is 6.09. The van der Waals surface area contributed by atoms with Crippen molar-refractivity contribution in [2.45, 2.75) is 44.2 Å². The van der Waals surface area contributed by atoms with E-state index in [-0.39, 0.29) is 6.04 Å². The molecule has 96 valence electrons. The van der Waals surface area contributed by atoms with Gasteiger partial charge in [-0.3, -0.25) is 16.0 Å². The molecule has 2 unspecified atom stereocenters. The van der Waals surface area contributed by atoms with E-state index in [1.54, 1.807) is 11.0 Å². The van der Waals surface area contributed by atoms with E-state index in [4.69, 9.17) is 10.6 Å². The van der Waals surface area contributed by atoms with Gasteiger partial charge in [-0.25, -0.2) is 4.98 Å². The fourth-order valence-electron chi connectivity index (χ4n) is 2.25. The quantitative estimate of drug-likeness (QED) is 0.565. The molecule has 2 rings (SSSR count). The third kappa shape index (κ3) is 3.49. The zero-order valence-electron chi connectivity index (χ0n) is 10.3. The third-order valence-corrected chi connectivity index (χ3v) is 3.29. The summed E-state index contributed by atoms with van der Waals surface area (Å²) in [4.78, 5) is 4.21. The van der Waals surface area contributed by atoms with Crippen LogP contribution in [0.2, 0.25) is 0 Å². The molecule has 1 aliphatic heterocycles. The molecule has 6 heteroatoms. The molecule has 0 saturated carbocycles. The summed E-state index contributed by atoms with van der Waals surface area (Å²) < 4.78 is 7.51. The highest BCUT2D eigenvalue weighted by atomic mass is 16.5. The van der Waals surface area contributed by atoms with Crippen LogP contribution in [0.5, 0.6) is 0 Å². The van der Waals surface area contributed by atoms with Crippen LogP contribution in [-0.4, -0.2) is 33.5 Å². The van der Waals surface area contributed by atoms with Crippen molar-refractivity contribution in [2.24, 2.45) is 12.9 Å². The van der Waals surface area contributed by atoms with Crippen LogP contribution in [0.4, 0.5) is 0 Å². The lowest BCUT2D eigenvalue weighted by molar-refractivity contribution is 0.00508. The van der Waals surface area contributed by atoms with Crippen LogP contribution in [0, 0.1) is 0 Å². The molecule has 2 atom stereocenters. The fourth-order valence-corrected chi connectivity index (χ4v) is 2.25. The summed E-state index contributed by atoms with van der Waals surface area (Å²) in [5.74, 6) is 6.54. The van der Waals surface area contributed by atoms with E-state index < -0.39 is 0 Å². The van der Waals surface area contributed by atoms with Crippen molar-refractivity contribution >= 4 is 0 Å². The van der Waals surface area contributed by atoms with Crippen LogP contribution >= 0.6 is 0 Å². The molecule has 17 heavy (non-hydrogen) atoms. The zero-order valence-corrected chi connectivity index (χ0v) is 10.3. The van der Waals surface area contributed by atoms with E-state index in [0.717, 1.165) is 31.7 Å². The summed E-state index contributed by atoms with van der Waals surface area (Å²) in [6, 6.07) is 0.195. The molecular weight excluding hydrogens is 218 g/mol. The van der Waals surface area contributed by atoms with Gasteiger partial charge in [0, 0.05) is 26.1 Å². The van der Waals surface area contributed by atoms with Crippen LogP contribution in [0.3, 0.4) is 0 Å². The van der Waals surface area contributed by atoms with E-state index in [2.05, 4.69) is 15.5 Å². The number of ether oxygens (including phenoxy) is 1. The summed E-state index contributed by atoms with van der Waals surface area (Å²) >= 11 is 0. The van der Waals surface area contributed by atoms with Gasteiger partial charge in [0.25, 0.3) is 0 Å². The Kier molecular flexibility index (Phi) is 4.47. The molecule has 1 aliphatic rings. The molecule has 0 amide bonds. The molecule has 1 aromatic rings. The Bertz CT molecular complexity index is 334. The van der Waals surface area contributed by atoms with Crippen LogP contribution in [0.25, 0.3) is 0 Å². The maximum atomic E-state index is 5.72. The van der Waals surface area contributed by atoms with Crippen molar-refractivity contribution in [1.29, 1.82) is 0 Å². The van der Waals surface area contributed by atoms with Gasteiger partial charge in [-0.1, -0.05) is 0 Å². The summed E-state index contributed by atoms with van der Waals surface area (Å²) in [6.07, 6.45) is 7.19. The predicted molar refractivity (Wildman–Crippen MR) is 64.0 cm³/mol. The van der Waals surface area contributed by atoms with Crippen LogP contribution in [0.15, 0.2) is 6.33 Å². The van der Waals surface area contributed by atoms with Crippen molar-refractivity contribution in [3.05, 3.63) is 12.2 Å². The molecule has 0 spiro atoms. The van der Waals surface area contributed by atoms with Gasteiger partial charge in [-0.15, -0.1) is 0 Å². The molecule has 1 aromatic heterocycles. The van der Waals surface area contributed by atoms with Crippen LogP contribution in [-0.2, 0) is 18.2 Å². The van der Waals surface area contributed by atoms with E-state index in [1.165, 1.54) is 12.8 Å². The van der Waals surface area contributed by atoms with Gasteiger partial charge >= 0.3 is 0 Å². The Morgan fingerprint density at radius 3 is 3.12 bits per heavy atom. The fraction of sp³-hybridized carbons (Fsp3) is 0.818. The standard InChI is InChI=1S/C11H21N5O/c1-16-11(13-8-14-16)7-9(15-12)6-10-4-2-3-5-17-10/h8-10,15H,2-7,12H2,1H3. The number of nitrogens with zero attached hydrogens (tertiary/aromatic N) is 3. The van der Waals surface area contributed by atoms with E-state index in [1.807, 2.05) is 7.05 Å². The molecule has 0 aliphatic carbocycles. The van der Waals surface area contributed by atoms with E-state index >= 15 is 0 Å². The largest absolute Gasteiger partial charge is 0.378 e. The van der Waals surface area contributed by atoms with E-state index in [0.29, 0.717) is 6.10 Å². The number of hydrogen-bond donors (Lipinski definition) is 2. The van der Waals surface area contributed by atoms with Crippen LogP contribution in [0.1, 0.15) is 31.5 Å². The molecule has 2 heterocycles. The van der Waals surface area contributed by atoms with Crippen molar-refractivity contribution in [1.82, 2.24) is 20.2 Å². The summed E-state index contributed by atoms with van der Waals surface area (Å²) in [7, 11) is 1.90. The monoisotopic (exact) mass is 239 g/mol. The van der Waals surface area contributed by atoms with Crippen LogP contribution < -0.4 is 11.3 Å². The minimum absolute atomic E-state index is 0.195. The van der Waals surface area contributed by atoms with Gasteiger partial charge in [0.1, 0.15) is 12.2 Å². The molecule has 1 fully saturated rings. The van der Waals surface area contributed by atoms with Crippen molar-refractivity contribution < 1.29 is 4.74 Å². The lowest BCUT2D eigenvalue weighted by Crippen LogP contribution is -2.41. The SMILES string of the molecule is Cn1ncnc1CC(CC1CCCCO1)NN. The smallest absolute Gasteiger partial charge is 0.138 e. The Labute approximate surface area is 102 Å². The Balaban J connectivity index is 1.85. The number of rotatable bonds is 5. The average molecular weight is 239 g/mol. The van der Waals surface area contributed by atoms with Crippen molar-refractivity contribution in [3.8, 4) is 0 Å². The molecular formula is C11H21N5O. The first-order valence-electron chi connectivity index (χ1n) is 6.20. The van der Waals surface area contributed by atoms with Gasteiger partial charge in [-0.2, -0.15) is 5.10 Å². The molecule has 0 aromatic carbocycles. The summed E-state index contributed by atoms with van der Waals surface area (Å²) in [5, 5.41) is 4.06. The number of aryl methyl sites for hydroxylation is 1. The first-order chi connectivity index (χ1) is 8.29. The first kappa shape index (κ1) is 12.5. The van der Waals surface area contributed by atoms with Gasteiger partial charge in [0.2, 0.25) is 0 Å². The number of hydrazine groups is 1. The highest BCUT2D eigenvalue weighted by Gasteiger charge is 2.20. The third-order valence-electron chi connectivity index (χ3n) is 3.29. The predicted octanol–water partition coefficient (Wildman–Crippen LogP) is 0.149. The lowest BCUT2D eigenvalue weighted by Gasteiger charge is -2.26. The lowest BCUT2D eigenvalue weighted by atomic mass is 10.00. The van der Waals surface area contributed by atoms with Gasteiger partial charge in [-0.05, 0) is 25.7 Å². The minimum atomic E-state index is 0.195. The molecule has 0 bridgehead atoms. The summed E-state index contributed by atoms with van der Waals surface area (Å²) in [5.41, 5.74) is 2.85. The Hall–Kier alpha value is -0.980. The molecule has 1 saturated heterocycles. The summed E-state index contributed by atoms with van der Waals surface area (Å²) in [6.45, 7) is 0.881. The van der Waals surface area contributed by atoms with Gasteiger partial charge in [0.15, 0.2) is 0 Å². The molecule has 0 radical (unpaired) electrons. The van der Waals surface area contributed by atoms with Crippen molar-refractivity contribution in [3.63, 3.8) is 0 Å². The number of nitrogens with one attached hydrogen (secondary N) is 1. The van der Waals surface area contributed by atoms with Gasteiger partial charge in [0.05, 0.1) is 6.10 Å². The second-order valence-electron chi connectivity index (χ2n) is 4.59. The maximum absolute atomic E-state index is 5.72. The highest BCUT2D eigenvalue weighted by molar-refractivity contribution is 4.89. The Morgan fingerprint density at radius 2 is 2.53 bits per heavy atom. The topological polar surface area (TPSA) is 78.0 Å². The Morgan fingerprint density at radius 1 is 1.65 bits per heavy atom. The highest BCUT2D eigenvalue weighted by Crippen LogP contribution is 2.18. The normalized spacial score (nSPS) is 22.6. The number of hydrogen-bond acceptors (Lipinski definition) is 5. The zero-order chi connectivity index (χ0) is 12.1. The minimum Gasteiger partial charge on any atom is -0.378 e. The van der Waals surface area contributed by atoms with E-state index in [9.17, 15) is 0 Å². The second-order valence-corrected chi connectivity index (χ2v) is 4.59. The number of aromatic nitrogens is 3.